The van der Waals surface area contributed by atoms with E-state index in [2.05, 4.69) is 182 Å². The third kappa shape index (κ3) is 4.15. The summed E-state index contributed by atoms with van der Waals surface area (Å²) >= 11 is 3.71. The van der Waals surface area contributed by atoms with E-state index in [1.807, 2.05) is 22.7 Å². The van der Waals surface area contributed by atoms with E-state index in [1.165, 1.54) is 68.2 Å². The second kappa shape index (κ2) is 11.2. The molecule has 0 saturated carbocycles. The Bertz CT molecular complexity index is 3280. The highest BCUT2D eigenvalue weighted by Gasteiger charge is 2.41. The van der Waals surface area contributed by atoms with Crippen molar-refractivity contribution < 1.29 is 4.42 Å². The summed E-state index contributed by atoms with van der Waals surface area (Å²) in [5, 5.41) is 7.38. The molecule has 54 heavy (non-hydrogen) atoms. The summed E-state index contributed by atoms with van der Waals surface area (Å²) in [5.74, 6) is 0. The lowest BCUT2D eigenvalue weighted by molar-refractivity contribution is 0.667. The van der Waals surface area contributed by atoms with Gasteiger partial charge in [0.2, 0.25) is 0 Å². The maximum atomic E-state index is 6.94. The van der Waals surface area contributed by atoms with Crippen LogP contribution in [0.1, 0.15) is 23.6 Å². The maximum absolute atomic E-state index is 6.94. The highest BCUT2D eigenvalue weighted by molar-refractivity contribution is 7.26. The number of hydrogen-bond acceptors (Lipinski definition) is 4. The highest BCUT2D eigenvalue weighted by atomic mass is 32.1. The molecule has 0 radical (unpaired) electrons. The van der Waals surface area contributed by atoms with Crippen molar-refractivity contribution in [2.45, 2.75) is 12.3 Å². The normalized spacial score (nSPS) is 13.4. The van der Waals surface area contributed by atoms with Crippen LogP contribution in [-0.2, 0) is 5.41 Å². The lowest BCUT2D eigenvalue weighted by atomic mass is 9.73. The molecular weight excluding hydrogens is 695 g/mol. The molecule has 0 fully saturated rings. The van der Waals surface area contributed by atoms with Crippen molar-refractivity contribution in [3.8, 4) is 11.1 Å². The van der Waals surface area contributed by atoms with E-state index in [0.29, 0.717) is 0 Å². The molecule has 0 unspecified atom stereocenters. The summed E-state index contributed by atoms with van der Waals surface area (Å²) < 4.78 is 12.1. The zero-order valence-electron chi connectivity index (χ0n) is 29.3. The largest absolute Gasteiger partial charge is 0.454 e. The van der Waals surface area contributed by atoms with Crippen molar-refractivity contribution in [3.05, 3.63) is 187 Å². The molecule has 0 aliphatic heterocycles. The highest BCUT2D eigenvalue weighted by Crippen LogP contribution is 2.55. The Balaban J connectivity index is 1.19. The molecular formula is C50H31NOS2. The summed E-state index contributed by atoms with van der Waals surface area (Å²) in [7, 11) is 0. The third-order valence-electron chi connectivity index (χ3n) is 11.7. The molecule has 8 aromatic carbocycles. The minimum atomic E-state index is -0.386. The summed E-state index contributed by atoms with van der Waals surface area (Å²) in [6.07, 6.45) is 0. The number of rotatable bonds is 4. The number of furan rings is 1. The molecule has 0 spiro atoms. The SMILES string of the molecule is CC1(c2cc(N(c3ccc4c(c3)sc3ccccc34)c3ccc4sc5ccccc5c4c3)c3oc4ccccc4c3c2)c2ccccc2-c2ccccc21. The van der Waals surface area contributed by atoms with Crippen molar-refractivity contribution in [1.29, 1.82) is 0 Å². The summed E-state index contributed by atoms with van der Waals surface area (Å²) in [4.78, 5) is 2.44. The molecule has 4 heteroatoms. The van der Waals surface area contributed by atoms with Gasteiger partial charge in [-0.1, -0.05) is 109 Å². The molecule has 11 aromatic rings. The van der Waals surface area contributed by atoms with Crippen LogP contribution >= 0.6 is 22.7 Å². The van der Waals surface area contributed by atoms with Gasteiger partial charge >= 0.3 is 0 Å². The summed E-state index contributed by atoms with van der Waals surface area (Å²) in [6, 6.07) is 62.6. The molecule has 2 nitrogen and oxygen atoms in total. The second-order valence-electron chi connectivity index (χ2n) is 14.6. The van der Waals surface area contributed by atoms with Crippen molar-refractivity contribution in [2.75, 3.05) is 4.90 Å². The Hall–Kier alpha value is -6.20. The molecule has 254 valence electrons. The van der Waals surface area contributed by atoms with E-state index < -0.39 is 0 Å². The molecule has 12 rings (SSSR count). The zero-order chi connectivity index (χ0) is 35.5. The van der Waals surface area contributed by atoms with Gasteiger partial charge in [-0.2, -0.15) is 0 Å². The average molecular weight is 726 g/mol. The van der Waals surface area contributed by atoms with Crippen LogP contribution in [0, 0.1) is 0 Å². The smallest absolute Gasteiger partial charge is 0.159 e. The number of fused-ring (bicyclic) bond motifs is 12. The van der Waals surface area contributed by atoms with Crippen LogP contribution in [0.15, 0.2) is 174 Å². The molecule has 3 heterocycles. The molecule has 1 aliphatic carbocycles. The number of thiophene rings is 2. The topological polar surface area (TPSA) is 16.4 Å². The Morgan fingerprint density at radius 1 is 0.444 bits per heavy atom. The average Bonchev–Trinajstić information content (AvgIpc) is 3.97. The fraction of sp³-hybridized carbons (Fsp3) is 0.0400. The van der Waals surface area contributed by atoms with Crippen LogP contribution in [0.5, 0.6) is 0 Å². The fourth-order valence-corrected chi connectivity index (χ4v) is 11.4. The molecule has 1 aliphatic rings. The molecule has 3 aromatic heterocycles. The van der Waals surface area contributed by atoms with Gasteiger partial charge in [0.15, 0.2) is 5.58 Å². The Labute approximate surface area is 319 Å². The van der Waals surface area contributed by atoms with E-state index in [-0.39, 0.29) is 5.41 Å². The number of para-hydroxylation sites is 1. The number of hydrogen-bond donors (Lipinski definition) is 0. The first-order valence-electron chi connectivity index (χ1n) is 18.4. The van der Waals surface area contributed by atoms with E-state index in [1.54, 1.807) is 0 Å². The minimum Gasteiger partial charge on any atom is -0.454 e. The molecule has 0 amide bonds. The Kier molecular flexibility index (Phi) is 6.26. The summed E-state index contributed by atoms with van der Waals surface area (Å²) in [6.45, 7) is 2.40. The van der Waals surface area contributed by atoms with E-state index in [4.69, 9.17) is 4.42 Å². The lowest BCUT2D eigenvalue weighted by Crippen LogP contribution is -2.23. The number of anilines is 3. The van der Waals surface area contributed by atoms with E-state index in [9.17, 15) is 0 Å². The van der Waals surface area contributed by atoms with Crippen LogP contribution in [0.3, 0.4) is 0 Å². The van der Waals surface area contributed by atoms with Gasteiger partial charge in [-0.3, -0.25) is 0 Å². The molecule has 0 atom stereocenters. The molecule has 0 bridgehead atoms. The monoisotopic (exact) mass is 725 g/mol. The van der Waals surface area contributed by atoms with Gasteiger partial charge in [0.1, 0.15) is 5.58 Å². The van der Waals surface area contributed by atoms with Gasteiger partial charge in [0, 0.05) is 67.9 Å². The van der Waals surface area contributed by atoms with Crippen LogP contribution in [0.4, 0.5) is 17.1 Å². The van der Waals surface area contributed by atoms with E-state index >= 15 is 0 Å². The molecule has 0 saturated heterocycles. The van der Waals surface area contributed by atoms with Gasteiger partial charge in [-0.25, -0.2) is 0 Å². The Morgan fingerprint density at radius 3 is 1.76 bits per heavy atom. The fourth-order valence-electron chi connectivity index (χ4n) is 9.16. The van der Waals surface area contributed by atoms with Crippen LogP contribution in [-0.4, -0.2) is 0 Å². The third-order valence-corrected chi connectivity index (χ3v) is 14.0. The van der Waals surface area contributed by atoms with Crippen molar-refractivity contribution in [2.24, 2.45) is 0 Å². The summed E-state index contributed by atoms with van der Waals surface area (Å²) in [5.41, 5.74) is 11.1. The van der Waals surface area contributed by atoms with Crippen LogP contribution in [0.25, 0.3) is 73.4 Å². The first kappa shape index (κ1) is 30.3. The quantitative estimate of drug-likeness (QED) is 0.180. The van der Waals surface area contributed by atoms with Crippen molar-refractivity contribution >= 4 is 102 Å². The lowest BCUT2D eigenvalue weighted by Gasteiger charge is -2.31. The van der Waals surface area contributed by atoms with Gasteiger partial charge in [-0.05, 0) is 95.4 Å². The van der Waals surface area contributed by atoms with Crippen molar-refractivity contribution in [3.63, 3.8) is 0 Å². The predicted molar refractivity (Wildman–Crippen MR) is 232 cm³/mol. The molecule has 0 N–H and O–H groups in total. The Morgan fingerprint density at radius 2 is 1.00 bits per heavy atom. The maximum Gasteiger partial charge on any atom is 0.159 e. The second-order valence-corrected chi connectivity index (χ2v) is 16.7. The first-order chi connectivity index (χ1) is 26.6. The standard InChI is InChI=1S/C50H31NOS2/c1-50(41-17-7-2-12-33(41)34-13-3-8-18-42(34)50)30-26-40-35-14-4-9-19-44(35)52-49(40)43(27-30)51(31-23-25-47-39(28-31)37-16-6-11-21-46(37)53-47)32-22-24-38-36-15-5-10-20-45(36)54-48(38)29-32/h2-29H,1H3. The first-order valence-corrected chi connectivity index (χ1v) is 20.0. The zero-order valence-corrected chi connectivity index (χ0v) is 31.0. The van der Waals surface area contributed by atoms with Gasteiger partial charge < -0.3 is 9.32 Å². The van der Waals surface area contributed by atoms with Crippen LogP contribution in [0.2, 0.25) is 0 Å². The number of benzene rings is 8. The number of nitrogens with zero attached hydrogens (tertiary/aromatic N) is 1. The van der Waals surface area contributed by atoms with Gasteiger partial charge in [0.05, 0.1) is 5.69 Å². The van der Waals surface area contributed by atoms with E-state index in [0.717, 1.165) is 39.0 Å². The predicted octanol–water partition coefficient (Wildman–Crippen LogP) is 15.1. The van der Waals surface area contributed by atoms with Gasteiger partial charge in [-0.15, -0.1) is 22.7 Å². The van der Waals surface area contributed by atoms with Gasteiger partial charge in [0.25, 0.3) is 0 Å². The van der Waals surface area contributed by atoms with Crippen LogP contribution < -0.4 is 4.90 Å². The minimum absolute atomic E-state index is 0.386. The van der Waals surface area contributed by atoms with Crippen molar-refractivity contribution in [1.82, 2.24) is 0 Å².